The van der Waals surface area contributed by atoms with Crippen LogP contribution in [0.5, 0.6) is 0 Å². The topological polar surface area (TPSA) is 95.7 Å². The molecular weight excluding hydrogens is 394 g/mol. The Bertz CT molecular complexity index is 876. The summed E-state index contributed by atoms with van der Waals surface area (Å²) in [4.78, 5) is 25.7. The average molecular weight is 418 g/mol. The molecule has 2 aromatic rings. The largest absolute Gasteiger partial charge is 0.396 e. The number of hydrogen-bond acceptors (Lipinski definition) is 5. The van der Waals surface area contributed by atoms with Crippen molar-refractivity contribution in [3.63, 3.8) is 0 Å². The van der Waals surface area contributed by atoms with Gasteiger partial charge in [0.25, 0.3) is 5.69 Å². The molecule has 8 heteroatoms. The maximum atomic E-state index is 13.2. The van der Waals surface area contributed by atoms with Crippen LogP contribution >= 0.6 is 11.6 Å². The summed E-state index contributed by atoms with van der Waals surface area (Å²) in [6.07, 6.45) is 0.384. The molecule has 2 aromatic carbocycles. The second-order valence-electron chi connectivity index (χ2n) is 7.65. The van der Waals surface area contributed by atoms with E-state index in [0.29, 0.717) is 25.2 Å². The number of halogens is 1. The molecule has 1 heterocycles. The molecule has 1 atom stereocenters. The molecule has 3 rings (SSSR count). The molecular formula is C21H24ClN3O4. The number of aliphatic hydroxyl groups excluding tert-OH is 1. The van der Waals surface area contributed by atoms with E-state index in [1.54, 1.807) is 23.1 Å². The molecule has 0 bridgehead atoms. The molecule has 2 N–H and O–H groups in total. The molecule has 1 fully saturated rings. The summed E-state index contributed by atoms with van der Waals surface area (Å²) >= 11 is 5.95. The van der Waals surface area contributed by atoms with Crippen molar-refractivity contribution in [2.45, 2.75) is 19.4 Å². The van der Waals surface area contributed by atoms with Crippen molar-refractivity contribution >= 4 is 28.9 Å². The van der Waals surface area contributed by atoms with Crippen LogP contribution in [0.4, 0.5) is 11.4 Å². The quantitative estimate of drug-likeness (QED) is 0.391. The Morgan fingerprint density at radius 1 is 1.28 bits per heavy atom. The maximum Gasteiger partial charge on any atom is 0.292 e. The first kappa shape index (κ1) is 21.1. The standard InChI is InChI=1S/C21H24ClN3O4/c1-15-6-8-16(9-7-15)10-18(20(27)24-12-21(11-22,13-24)14-26)23-17-4-2-3-5-19(17)25(28)29/h2-9,18,23,26H,10-14H2,1H3. The molecule has 1 saturated heterocycles. The highest BCUT2D eigenvalue weighted by Crippen LogP contribution is 2.33. The fourth-order valence-electron chi connectivity index (χ4n) is 3.47. The number of hydrogen-bond donors (Lipinski definition) is 2. The molecule has 0 saturated carbocycles. The van der Waals surface area contributed by atoms with Crippen molar-refractivity contribution in [2.75, 3.05) is 30.9 Å². The van der Waals surface area contributed by atoms with Crippen LogP contribution in [0.3, 0.4) is 0 Å². The van der Waals surface area contributed by atoms with Crippen LogP contribution in [-0.2, 0) is 11.2 Å². The van der Waals surface area contributed by atoms with Crippen LogP contribution in [-0.4, -0.2) is 52.5 Å². The number of rotatable bonds is 8. The van der Waals surface area contributed by atoms with Crippen molar-refractivity contribution in [1.29, 1.82) is 0 Å². The van der Waals surface area contributed by atoms with E-state index in [-0.39, 0.29) is 24.1 Å². The van der Waals surface area contributed by atoms with Crippen LogP contribution < -0.4 is 5.32 Å². The predicted octanol–water partition coefficient (Wildman–Crippen LogP) is 2.99. The third-order valence-corrected chi connectivity index (χ3v) is 5.84. The highest BCUT2D eigenvalue weighted by Gasteiger charge is 2.45. The van der Waals surface area contributed by atoms with Gasteiger partial charge in [-0.3, -0.25) is 14.9 Å². The van der Waals surface area contributed by atoms with Crippen LogP contribution in [0.25, 0.3) is 0 Å². The van der Waals surface area contributed by atoms with Gasteiger partial charge < -0.3 is 15.3 Å². The Labute approximate surface area is 174 Å². The number of nitro benzene ring substituents is 1. The van der Waals surface area contributed by atoms with Crippen LogP contribution in [0.15, 0.2) is 48.5 Å². The number of aryl methyl sites for hydroxylation is 1. The number of nitrogens with zero attached hydrogens (tertiary/aromatic N) is 2. The normalized spacial score (nSPS) is 16.0. The number of amides is 1. The molecule has 0 aliphatic carbocycles. The predicted molar refractivity (Wildman–Crippen MR) is 112 cm³/mol. The Morgan fingerprint density at radius 3 is 2.52 bits per heavy atom. The summed E-state index contributed by atoms with van der Waals surface area (Å²) in [6, 6.07) is 13.4. The van der Waals surface area contributed by atoms with Gasteiger partial charge in [0.15, 0.2) is 0 Å². The van der Waals surface area contributed by atoms with Gasteiger partial charge in [-0.2, -0.15) is 0 Å². The van der Waals surface area contributed by atoms with Gasteiger partial charge in [0.2, 0.25) is 5.91 Å². The summed E-state index contributed by atoms with van der Waals surface area (Å²) in [5.74, 6) is 0.103. The van der Waals surface area contributed by atoms with Crippen molar-refractivity contribution < 1.29 is 14.8 Å². The summed E-state index contributed by atoms with van der Waals surface area (Å²) < 4.78 is 0. The first-order valence-corrected chi connectivity index (χ1v) is 9.92. The number of anilines is 1. The highest BCUT2D eigenvalue weighted by molar-refractivity contribution is 6.18. The van der Waals surface area contributed by atoms with Gasteiger partial charge >= 0.3 is 0 Å². The maximum absolute atomic E-state index is 13.2. The van der Waals surface area contributed by atoms with Gasteiger partial charge in [0, 0.05) is 36.9 Å². The minimum atomic E-state index is -0.675. The zero-order valence-corrected chi connectivity index (χ0v) is 16.9. The number of alkyl halides is 1. The molecule has 1 aliphatic heterocycles. The lowest BCUT2D eigenvalue weighted by atomic mass is 9.82. The van der Waals surface area contributed by atoms with Crippen LogP contribution in [0.1, 0.15) is 11.1 Å². The third kappa shape index (κ3) is 4.68. The molecule has 0 spiro atoms. The van der Waals surface area contributed by atoms with Crippen molar-refractivity contribution in [3.8, 4) is 0 Å². The fraction of sp³-hybridized carbons (Fsp3) is 0.381. The van der Waals surface area contributed by atoms with Gasteiger partial charge in [-0.05, 0) is 18.6 Å². The number of benzene rings is 2. The van der Waals surface area contributed by atoms with Crippen LogP contribution in [0, 0.1) is 22.5 Å². The number of nitro groups is 1. The van der Waals surface area contributed by atoms with Gasteiger partial charge in [-0.25, -0.2) is 0 Å². The molecule has 29 heavy (non-hydrogen) atoms. The number of para-hydroxylation sites is 2. The number of likely N-dealkylation sites (tertiary alicyclic amines) is 1. The Morgan fingerprint density at radius 2 is 1.93 bits per heavy atom. The van der Waals surface area contributed by atoms with E-state index >= 15 is 0 Å². The summed E-state index contributed by atoms with van der Waals surface area (Å²) in [7, 11) is 0. The summed E-state index contributed by atoms with van der Waals surface area (Å²) in [5, 5.41) is 24.0. The lowest BCUT2D eigenvalue weighted by Gasteiger charge is -2.49. The second kappa shape index (κ2) is 8.80. The van der Waals surface area contributed by atoms with E-state index in [4.69, 9.17) is 11.6 Å². The summed E-state index contributed by atoms with van der Waals surface area (Å²) in [6.45, 7) is 2.64. The van der Waals surface area contributed by atoms with E-state index in [9.17, 15) is 20.0 Å². The van der Waals surface area contributed by atoms with Gasteiger partial charge in [0.05, 0.1) is 11.5 Å². The van der Waals surface area contributed by atoms with Crippen molar-refractivity contribution in [1.82, 2.24) is 4.90 Å². The first-order valence-electron chi connectivity index (χ1n) is 9.38. The van der Waals surface area contributed by atoms with Crippen molar-refractivity contribution in [2.24, 2.45) is 5.41 Å². The smallest absolute Gasteiger partial charge is 0.292 e. The highest BCUT2D eigenvalue weighted by atomic mass is 35.5. The molecule has 1 amide bonds. The summed E-state index contributed by atoms with van der Waals surface area (Å²) in [5.41, 5.74) is 1.81. The SMILES string of the molecule is Cc1ccc(CC(Nc2ccccc2[N+](=O)[O-])C(=O)N2CC(CO)(CCl)C2)cc1. The van der Waals surface area contributed by atoms with Crippen LogP contribution in [0.2, 0.25) is 0 Å². The lowest BCUT2D eigenvalue weighted by molar-refractivity contribution is -0.384. The molecule has 1 aliphatic rings. The van der Waals surface area contributed by atoms with Crippen molar-refractivity contribution in [3.05, 3.63) is 69.8 Å². The average Bonchev–Trinajstić information content (AvgIpc) is 2.69. The van der Waals surface area contributed by atoms with E-state index < -0.39 is 16.4 Å². The molecule has 0 radical (unpaired) electrons. The van der Waals surface area contributed by atoms with E-state index in [1.165, 1.54) is 6.07 Å². The minimum Gasteiger partial charge on any atom is -0.396 e. The zero-order chi connectivity index (χ0) is 21.0. The Kier molecular flexibility index (Phi) is 6.39. The van der Waals surface area contributed by atoms with Gasteiger partial charge in [-0.15, -0.1) is 11.6 Å². The number of carbonyl (C=O) groups excluding carboxylic acids is 1. The zero-order valence-electron chi connectivity index (χ0n) is 16.2. The monoisotopic (exact) mass is 417 g/mol. The lowest BCUT2D eigenvalue weighted by Crippen LogP contribution is -2.63. The molecule has 7 nitrogen and oxygen atoms in total. The number of carbonyl (C=O) groups is 1. The number of nitrogens with one attached hydrogen (secondary N) is 1. The Balaban J connectivity index is 1.83. The second-order valence-corrected chi connectivity index (χ2v) is 7.91. The van der Waals surface area contributed by atoms with E-state index in [0.717, 1.165) is 11.1 Å². The van der Waals surface area contributed by atoms with E-state index in [2.05, 4.69) is 5.32 Å². The van der Waals surface area contributed by atoms with Gasteiger partial charge in [-0.1, -0.05) is 42.0 Å². The Hall–Kier alpha value is -2.64. The first-order chi connectivity index (χ1) is 13.9. The molecule has 154 valence electrons. The van der Waals surface area contributed by atoms with E-state index in [1.807, 2.05) is 31.2 Å². The number of aliphatic hydroxyl groups is 1. The third-order valence-electron chi connectivity index (χ3n) is 5.27. The van der Waals surface area contributed by atoms with Gasteiger partial charge in [0.1, 0.15) is 11.7 Å². The molecule has 1 unspecified atom stereocenters. The minimum absolute atomic E-state index is 0.0803. The fourth-order valence-corrected chi connectivity index (χ4v) is 3.72. The molecule has 0 aromatic heterocycles.